The van der Waals surface area contributed by atoms with Crippen molar-refractivity contribution in [1.29, 1.82) is 0 Å². The van der Waals surface area contributed by atoms with Crippen molar-refractivity contribution in [2.75, 3.05) is 38.1 Å². The van der Waals surface area contributed by atoms with Crippen molar-refractivity contribution in [3.05, 3.63) is 18.1 Å². The Balaban J connectivity index is 1.70. The number of nitrogens with zero attached hydrogens (tertiary/aromatic N) is 5. The van der Waals surface area contributed by atoms with Crippen LogP contribution < -0.4 is 10.6 Å². The van der Waals surface area contributed by atoms with E-state index < -0.39 is 5.91 Å². The number of urea groups is 1. The third-order valence-electron chi connectivity index (χ3n) is 4.30. The second-order valence-corrected chi connectivity index (χ2v) is 5.76. The second kappa shape index (κ2) is 5.78. The topological polar surface area (TPSA) is 95.7 Å². The molecule has 8 nitrogen and oxygen atoms in total. The monoisotopic (exact) mass is 304 g/mol. The second-order valence-electron chi connectivity index (χ2n) is 5.76. The molecule has 2 fully saturated rings. The summed E-state index contributed by atoms with van der Waals surface area (Å²) in [7, 11) is 1.83. The summed E-state index contributed by atoms with van der Waals surface area (Å²) in [4.78, 5) is 37.3. The van der Waals surface area contributed by atoms with Crippen molar-refractivity contribution >= 4 is 17.8 Å². The van der Waals surface area contributed by atoms with Crippen molar-refractivity contribution in [1.82, 2.24) is 19.8 Å². The number of hydrogen-bond acceptors (Lipinski definition) is 5. The van der Waals surface area contributed by atoms with Crippen LogP contribution in [0.2, 0.25) is 0 Å². The Hall–Kier alpha value is -2.38. The summed E-state index contributed by atoms with van der Waals surface area (Å²) >= 11 is 0. The molecule has 0 aliphatic carbocycles. The number of carbonyl (C=O) groups is 2. The fourth-order valence-corrected chi connectivity index (χ4v) is 3.04. The van der Waals surface area contributed by atoms with E-state index in [4.69, 9.17) is 5.73 Å². The van der Waals surface area contributed by atoms with Crippen LogP contribution in [-0.4, -0.2) is 71.0 Å². The number of amides is 3. The minimum atomic E-state index is -0.582. The first-order chi connectivity index (χ1) is 10.6. The van der Waals surface area contributed by atoms with Crippen LogP contribution >= 0.6 is 0 Å². The zero-order valence-corrected chi connectivity index (χ0v) is 12.6. The van der Waals surface area contributed by atoms with Gasteiger partial charge in [0.05, 0.1) is 18.4 Å². The summed E-state index contributed by atoms with van der Waals surface area (Å²) in [5, 5.41) is 0. The van der Waals surface area contributed by atoms with Crippen LogP contribution in [0.5, 0.6) is 0 Å². The molecule has 1 aromatic rings. The van der Waals surface area contributed by atoms with Crippen LogP contribution in [0.25, 0.3) is 0 Å². The van der Waals surface area contributed by atoms with E-state index in [1.54, 1.807) is 11.1 Å². The first kappa shape index (κ1) is 14.6. The van der Waals surface area contributed by atoms with Crippen LogP contribution in [0.3, 0.4) is 0 Å². The third-order valence-corrected chi connectivity index (χ3v) is 4.30. The van der Waals surface area contributed by atoms with Gasteiger partial charge in [0.1, 0.15) is 11.5 Å². The van der Waals surface area contributed by atoms with Crippen molar-refractivity contribution < 1.29 is 9.59 Å². The third kappa shape index (κ3) is 2.68. The van der Waals surface area contributed by atoms with Gasteiger partial charge >= 0.3 is 6.03 Å². The molecule has 2 N–H and O–H groups in total. The number of aromatic nitrogens is 2. The minimum absolute atomic E-state index is 0.0991. The summed E-state index contributed by atoms with van der Waals surface area (Å²) in [6.07, 6.45) is 4.97. The number of nitrogens with two attached hydrogens (primary N) is 1. The molecular weight excluding hydrogens is 284 g/mol. The molecule has 0 saturated carbocycles. The molecule has 0 radical (unpaired) electrons. The van der Waals surface area contributed by atoms with E-state index in [0.29, 0.717) is 0 Å². The van der Waals surface area contributed by atoms with Gasteiger partial charge in [-0.15, -0.1) is 0 Å². The average molecular weight is 304 g/mol. The molecular formula is C14H20N6O2. The molecule has 118 valence electrons. The zero-order chi connectivity index (χ0) is 15.7. The summed E-state index contributed by atoms with van der Waals surface area (Å²) in [5.74, 6) is 0.135. The Morgan fingerprint density at radius 2 is 2.09 bits per heavy atom. The van der Waals surface area contributed by atoms with Gasteiger partial charge in [-0.2, -0.15) is 0 Å². The van der Waals surface area contributed by atoms with Gasteiger partial charge in [0.25, 0.3) is 5.91 Å². The van der Waals surface area contributed by atoms with Gasteiger partial charge in [-0.25, -0.2) is 14.8 Å². The summed E-state index contributed by atoms with van der Waals surface area (Å²) < 4.78 is 0. The fraction of sp³-hybridized carbons (Fsp3) is 0.571. The summed E-state index contributed by atoms with van der Waals surface area (Å²) in [6, 6.07) is 0.297. The van der Waals surface area contributed by atoms with E-state index >= 15 is 0 Å². The first-order valence-corrected chi connectivity index (χ1v) is 7.45. The normalized spacial score (nSPS) is 22.3. The van der Waals surface area contributed by atoms with Crippen LogP contribution in [-0.2, 0) is 0 Å². The lowest BCUT2D eigenvalue weighted by Crippen LogP contribution is -2.49. The van der Waals surface area contributed by atoms with Crippen molar-refractivity contribution in [2.24, 2.45) is 5.73 Å². The molecule has 8 heteroatoms. The van der Waals surface area contributed by atoms with E-state index in [-0.39, 0.29) is 17.8 Å². The Bertz CT molecular complexity index is 575. The van der Waals surface area contributed by atoms with Crippen molar-refractivity contribution in [3.63, 3.8) is 0 Å². The molecule has 3 rings (SSSR count). The van der Waals surface area contributed by atoms with E-state index in [2.05, 4.69) is 14.9 Å². The highest BCUT2D eigenvalue weighted by Crippen LogP contribution is 2.23. The smallest absolute Gasteiger partial charge is 0.320 e. The molecule has 3 amide bonds. The minimum Gasteiger partial charge on any atom is -0.364 e. The van der Waals surface area contributed by atoms with E-state index in [0.717, 1.165) is 44.8 Å². The molecule has 22 heavy (non-hydrogen) atoms. The molecule has 0 spiro atoms. The lowest BCUT2D eigenvalue weighted by molar-refractivity contribution is 0.0995. The predicted molar refractivity (Wildman–Crippen MR) is 80.5 cm³/mol. The summed E-state index contributed by atoms with van der Waals surface area (Å²) in [5.41, 5.74) is 5.33. The van der Waals surface area contributed by atoms with Crippen molar-refractivity contribution in [2.45, 2.75) is 18.9 Å². The van der Waals surface area contributed by atoms with E-state index in [1.165, 1.54) is 6.20 Å². The maximum atomic E-state index is 12.1. The number of hydrogen-bond donors (Lipinski definition) is 1. The van der Waals surface area contributed by atoms with Crippen LogP contribution in [0.15, 0.2) is 12.4 Å². The van der Waals surface area contributed by atoms with Crippen LogP contribution in [0.1, 0.15) is 23.3 Å². The Morgan fingerprint density at radius 3 is 2.68 bits per heavy atom. The lowest BCUT2D eigenvalue weighted by atomic mass is 10.0. The maximum absolute atomic E-state index is 12.1. The van der Waals surface area contributed by atoms with Gasteiger partial charge < -0.3 is 20.4 Å². The molecule has 2 saturated heterocycles. The standard InChI is InChI=1S/C14H20N6O2/c1-18-5-6-20(14(18)22)10-3-2-4-19(9-10)12-8-16-11(7-17-12)13(15)21/h7-8,10H,2-6,9H2,1H3,(H2,15,21). The van der Waals surface area contributed by atoms with E-state index in [1.807, 2.05) is 11.9 Å². The quantitative estimate of drug-likeness (QED) is 0.842. The Labute approximate surface area is 128 Å². The highest BCUT2D eigenvalue weighted by atomic mass is 16.2. The molecule has 3 heterocycles. The van der Waals surface area contributed by atoms with Gasteiger partial charge in [-0.1, -0.05) is 0 Å². The van der Waals surface area contributed by atoms with Crippen LogP contribution in [0, 0.1) is 0 Å². The molecule has 1 aromatic heterocycles. The fourth-order valence-electron chi connectivity index (χ4n) is 3.04. The molecule has 2 aliphatic heterocycles. The lowest BCUT2D eigenvalue weighted by Gasteiger charge is -2.37. The molecule has 0 bridgehead atoms. The maximum Gasteiger partial charge on any atom is 0.320 e. The van der Waals surface area contributed by atoms with Gasteiger partial charge in [0.15, 0.2) is 0 Å². The first-order valence-electron chi connectivity index (χ1n) is 7.45. The average Bonchev–Trinajstić information content (AvgIpc) is 2.87. The number of piperidine rings is 1. The SMILES string of the molecule is CN1CCN(C2CCCN(c3cnc(C(N)=O)cn3)C2)C1=O. The van der Waals surface area contributed by atoms with Crippen molar-refractivity contribution in [3.8, 4) is 0 Å². The molecule has 1 atom stereocenters. The van der Waals surface area contributed by atoms with E-state index in [9.17, 15) is 9.59 Å². The highest BCUT2D eigenvalue weighted by Gasteiger charge is 2.34. The van der Waals surface area contributed by atoms with Gasteiger partial charge in [-0.05, 0) is 12.8 Å². The van der Waals surface area contributed by atoms with Crippen LogP contribution in [0.4, 0.5) is 10.6 Å². The molecule has 0 aromatic carbocycles. The number of likely N-dealkylation sites (N-methyl/N-ethyl adjacent to an activating group) is 1. The summed E-state index contributed by atoms with van der Waals surface area (Å²) in [6.45, 7) is 3.17. The zero-order valence-electron chi connectivity index (χ0n) is 12.6. The largest absolute Gasteiger partial charge is 0.364 e. The van der Waals surface area contributed by atoms with Gasteiger partial charge in [0.2, 0.25) is 0 Å². The Kier molecular flexibility index (Phi) is 3.82. The van der Waals surface area contributed by atoms with Gasteiger partial charge in [0, 0.05) is 33.2 Å². The number of anilines is 1. The number of primary amides is 1. The number of carbonyl (C=O) groups excluding carboxylic acids is 2. The van der Waals surface area contributed by atoms with Gasteiger partial charge in [-0.3, -0.25) is 4.79 Å². The number of rotatable bonds is 3. The highest BCUT2D eigenvalue weighted by molar-refractivity contribution is 5.90. The molecule has 2 aliphatic rings. The Morgan fingerprint density at radius 1 is 1.27 bits per heavy atom. The predicted octanol–water partition coefficient (Wildman–Crippen LogP) is -0.0883. The molecule has 1 unspecified atom stereocenters.